The van der Waals surface area contributed by atoms with Gasteiger partial charge in [-0.2, -0.15) is 0 Å². The lowest BCUT2D eigenvalue weighted by atomic mass is 10.1. The SMILES string of the molecule is O=C1C(Br)=CC(=NC(=O)c2ccco2)C=C1Br. The number of amides is 1. The molecule has 6 heteroatoms. The average Bonchev–Trinajstić information content (AvgIpc) is 2.79. The number of Topliss-reactive ketones (excluding diaryl/α,β-unsaturated/α-hetero) is 1. The third-order valence-corrected chi connectivity index (χ3v) is 3.12. The summed E-state index contributed by atoms with van der Waals surface area (Å²) in [6.45, 7) is 0. The molecule has 1 amide bonds. The summed E-state index contributed by atoms with van der Waals surface area (Å²) in [4.78, 5) is 26.8. The first-order chi connectivity index (χ1) is 8.08. The highest BCUT2D eigenvalue weighted by molar-refractivity contribution is 9.13. The zero-order valence-electron chi connectivity index (χ0n) is 8.31. The van der Waals surface area contributed by atoms with Crippen LogP contribution in [0.5, 0.6) is 0 Å². The molecular weight excluding hydrogens is 354 g/mol. The van der Waals surface area contributed by atoms with E-state index < -0.39 is 5.91 Å². The second kappa shape index (κ2) is 4.93. The highest BCUT2D eigenvalue weighted by Crippen LogP contribution is 2.22. The van der Waals surface area contributed by atoms with Crippen LogP contribution < -0.4 is 0 Å². The van der Waals surface area contributed by atoms with Gasteiger partial charge in [-0.3, -0.25) is 9.59 Å². The van der Waals surface area contributed by atoms with E-state index in [1.165, 1.54) is 24.5 Å². The molecule has 2 rings (SSSR count). The predicted molar refractivity (Wildman–Crippen MR) is 69.5 cm³/mol. The summed E-state index contributed by atoms with van der Waals surface area (Å²) in [7, 11) is 0. The molecule has 0 bridgehead atoms. The summed E-state index contributed by atoms with van der Waals surface area (Å²) >= 11 is 6.20. The third-order valence-electron chi connectivity index (χ3n) is 1.95. The summed E-state index contributed by atoms with van der Waals surface area (Å²) in [5, 5.41) is 0. The molecule has 1 aliphatic carbocycles. The van der Waals surface area contributed by atoms with Gasteiger partial charge in [0.15, 0.2) is 5.76 Å². The first-order valence-electron chi connectivity index (χ1n) is 4.53. The van der Waals surface area contributed by atoms with Gasteiger partial charge in [-0.05, 0) is 56.1 Å². The molecule has 1 heterocycles. The van der Waals surface area contributed by atoms with E-state index in [1.807, 2.05) is 0 Å². The molecule has 0 radical (unpaired) electrons. The van der Waals surface area contributed by atoms with Crippen molar-refractivity contribution in [3.63, 3.8) is 0 Å². The van der Waals surface area contributed by atoms with Crippen LogP contribution in [0.4, 0.5) is 0 Å². The largest absolute Gasteiger partial charge is 0.459 e. The van der Waals surface area contributed by atoms with E-state index in [-0.39, 0.29) is 11.5 Å². The van der Waals surface area contributed by atoms with Gasteiger partial charge in [0.25, 0.3) is 0 Å². The maximum absolute atomic E-state index is 11.6. The Morgan fingerprint density at radius 3 is 2.41 bits per heavy atom. The maximum atomic E-state index is 11.6. The van der Waals surface area contributed by atoms with Gasteiger partial charge in [-0.15, -0.1) is 0 Å². The summed E-state index contributed by atoms with van der Waals surface area (Å²) < 4.78 is 5.61. The Kier molecular flexibility index (Phi) is 3.54. The number of carbonyl (C=O) groups is 2. The number of aliphatic imine (C=N–C) groups is 1. The molecule has 0 aromatic carbocycles. The number of hydrogen-bond donors (Lipinski definition) is 0. The van der Waals surface area contributed by atoms with Crippen LogP contribution in [-0.2, 0) is 4.79 Å². The van der Waals surface area contributed by atoms with Crippen LogP contribution >= 0.6 is 31.9 Å². The minimum absolute atomic E-state index is 0.156. The summed E-state index contributed by atoms with van der Waals surface area (Å²) in [6.07, 6.45) is 4.36. The van der Waals surface area contributed by atoms with Crippen molar-refractivity contribution >= 4 is 49.3 Å². The van der Waals surface area contributed by atoms with Crippen LogP contribution in [0.25, 0.3) is 0 Å². The van der Waals surface area contributed by atoms with E-state index in [0.717, 1.165) is 0 Å². The molecule has 4 nitrogen and oxygen atoms in total. The van der Waals surface area contributed by atoms with Crippen molar-refractivity contribution in [1.29, 1.82) is 0 Å². The predicted octanol–water partition coefficient (Wildman–Crippen LogP) is 3.00. The molecule has 0 spiro atoms. The fourth-order valence-electron chi connectivity index (χ4n) is 1.18. The maximum Gasteiger partial charge on any atom is 0.313 e. The molecule has 0 atom stereocenters. The smallest absolute Gasteiger partial charge is 0.313 e. The Labute approximate surface area is 113 Å². The molecule has 0 unspecified atom stereocenters. The number of halogens is 2. The number of hydrogen-bond acceptors (Lipinski definition) is 3. The van der Waals surface area contributed by atoms with Gasteiger partial charge in [0.1, 0.15) is 0 Å². The quantitative estimate of drug-likeness (QED) is 0.725. The van der Waals surface area contributed by atoms with Crippen molar-refractivity contribution in [2.75, 3.05) is 0 Å². The first-order valence-corrected chi connectivity index (χ1v) is 6.12. The number of nitrogens with zero attached hydrogens (tertiary/aromatic N) is 1. The first kappa shape index (κ1) is 12.2. The fraction of sp³-hybridized carbons (Fsp3) is 0. The molecule has 0 saturated carbocycles. The molecule has 17 heavy (non-hydrogen) atoms. The molecule has 1 aliphatic rings. The molecule has 1 aromatic heterocycles. The van der Waals surface area contributed by atoms with Crippen molar-refractivity contribution in [1.82, 2.24) is 0 Å². The molecule has 0 aliphatic heterocycles. The van der Waals surface area contributed by atoms with Crippen molar-refractivity contribution in [3.05, 3.63) is 45.3 Å². The Morgan fingerprint density at radius 1 is 1.24 bits per heavy atom. The lowest BCUT2D eigenvalue weighted by molar-refractivity contribution is -0.110. The van der Waals surface area contributed by atoms with Gasteiger partial charge in [0.05, 0.1) is 20.9 Å². The van der Waals surface area contributed by atoms with Gasteiger partial charge in [-0.1, -0.05) is 0 Å². The fourth-order valence-corrected chi connectivity index (χ4v) is 2.35. The van der Waals surface area contributed by atoms with Crippen LogP contribution in [0.2, 0.25) is 0 Å². The Morgan fingerprint density at radius 2 is 1.88 bits per heavy atom. The van der Waals surface area contributed by atoms with E-state index in [2.05, 4.69) is 36.9 Å². The van der Waals surface area contributed by atoms with E-state index >= 15 is 0 Å². The van der Waals surface area contributed by atoms with Crippen LogP contribution in [-0.4, -0.2) is 17.4 Å². The lowest BCUT2D eigenvalue weighted by Crippen LogP contribution is -2.09. The average molecular weight is 359 g/mol. The number of furan rings is 1. The molecular formula is C11H5Br2NO3. The zero-order chi connectivity index (χ0) is 12.4. The Hall–Kier alpha value is -1.27. The van der Waals surface area contributed by atoms with Gasteiger partial charge in [0, 0.05) is 0 Å². The molecule has 0 saturated heterocycles. The molecule has 0 fully saturated rings. The Bertz CT molecular complexity index is 544. The summed E-state index contributed by atoms with van der Waals surface area (Å²) in [5.41, 5.74) is 0.379. The minimum Gasteiger partial charge on any atom is -0.459 e. The monoisotopic (exact) mass is 357 g/mol. The third kappa shape index (κ3) is 2.70. The zero-order valence-corrected chi connectivity index (χ0v) is 11.5. The van der Waals surface area contributed by atoms with Crippen LogP contribution in [0, 0.1) is 0 Å². The summed E-state index contributed by atoms with van der Waals surface area (Å²) in [5.74, 6) is -0.523. The van der Waals surface area contributed by atoms with Gasteiger partial charge in [0.2, 0.25) is 5.78 Å². The standard InChI is InChI=1S/C11H5Br2NO3/c12-7-4-6(5-8(13)10(7)15)14-11(16)9-2-1-3-17-9/h1-5H. The van der Waals surface area contributed by atoms with E-state index in [0.29, 0.717) is 14.7 Å². The lowest BCUT2D eigenvalue weighted by Gasteiger charge is -2.05. The van der Waals surface area contributed by atoms with E-state index in [4.69, 9.17) is 4.42 Å². The summed E-state index contributed by atoms with van der Waals surface area (Å²) in [6, 6.07) is 3.13. The number of allylic oxidation sites excluding steroid dienone is 4. The highest BCUT2D eigenvalue weighted by atomic mass is 79.9. The minimum atomic E-state index is -0.493. The Balaban J connectivity index is 2.30. The highest BCUT2D eigenvalue weighted by Gasteiger charge is 2.17. The van der Waals surface area contributed by atoms with Crippen molar-refractivity contribution in [3.8, 4) is 0 Å². The van der Waals surface area contributed by atoms with Crippen molar-refractivity contribution in [2.45, 2.75) is 0 Å². The van der Waals surface area contributed by atoms with E-state index in [9.17, 15) is 9.59 Å². The van der Waals surface area contributed by atoms with Crippen LogP contribution in [0.3, 0.4) is 0 Å². The van der Waals surface area contributed by atoms with Crippen molar-refractivity contribution in [2.24, 2.45) is 4.99 Å². The second-order valence-corrected chi connectivity index (χ2v) is 4.84. The van der Waals surface area contributed by atoms with E-state index in [1.54, 1.807) is 6.07 Å². The number of carbonyl (C=O) groups excluding carboxylic acids is 2. The normalized spacial score (nSPS) is 15.4. The molecule has 86 valence electrons. The molecule has 1 aromatic rings. The second-order valence-electron chi connectivity index (χ2n) is 3.13. The van der Waals surface area contributed by atoms with Crippen molar-refractivity contribution < 1.29 is 14.0 Å². The topological polar surface area (TPSA) is 59.6 Å². The van der Waals surface area contributed by atoms with Gasteiger partial charge < -0.3 is 4.42 Å². The van der Waals surface area contributed by atoms with Crippen LogP contribution in [0.1, 0.15) is 10.6 Å². The van der Waals surface area contributed by atoms with Crippen LogP contribution in [0.15, 0.2) is 48.9 Å². The van der Waals surface area contributed by atoms with Gasteiger partial charge in [-0.25, -0.2) is 4.99 Å². The van der Waals surface area contributed by atoms with Gasteiger partial charge >= 0.3 is 5.91 Å². The number of rotatable bonds is 1. The molecule has 0 N–H and O–H groups in total. The number of ketones is 1.